The lowest BCUT2D eigenvalue weighted by molar-refractivity contribution is 0.0154. The molecule has 0 aromatic carbocycles. The highest BCUT2D eigenvalue weighted by Crippen LogP contribution is 2.25. The molecule has 7 nitrogen and oxygen atoms in total. The molecule has 7 heteroatoms. The van der Waals surface area contributed by atoms with Crippen molar-refractivity contribution in [1.29, 1.82) is 0 Å². The highest BCUT2D eigenvalue weighted by atomic mass is 16.3. The lowest BCUT2D eigenvalue weighted by Crippen LogP contribution is -2.44. The maximum absolute atomic E-state index is 12.1. The third-order valence-electron chi connectivity index (χ3n) is 4.26. The van der Waals surface area contributed by atoms with Gasteiger partial charge in [0, 0.05) is 24.4 Å². The van der Waals surface area contributed by atoms with Gasteiger partial charge in [-0.15, -0.1) is 0 Å². The summed E-state index contributed by atoms with van der Waals surface area (Å²) < 4.78 is 1.71. The Labute approximate surface area is 142 Å². The molecule has 132 valence electrons. The van der Waals surface area contributed by atoms with Gasteiger partial charge in [0.1, 0.15) is 0 Å². The van der Waals surface area contributed by atoms with Gasteiger partial charge < -0.3 is 15.7 Å². The van der Waals surface area contributed by atoms with Gasteiger partial charge in [-0.2, -0.15) is 5.10 Å². The second-order valence-electron chi connectivity index (χ2n) is 7.29. The predicted octanol–water partition coefficient (Wildman–Crippen LogP) is 2.44. The lowest BCUT2D eigenvalue weighted by Gasteiger charge is -2.33. The summed E-state index contributed by atoms with van der Waals surface area (Å²) in [6.45, 7) is 10.1. The van der Waals surface area contributed by atoms with E-state index < -0.39 is 11.5 Å². The zero-order valence-corrected chi connectivity index (χ0v) is 15.2. The van der Waals surface area contributed by atoms with Gasteiger partial charge in [-0.05, 0) is 18.9 Å². The summed E-state index contributed by atoms with van der Waals surface area (Å²) in [5, 5.41) is 21.0. The Balaban J connectivity index is 2.01. The Morgan fingerprint density at radius 2 is 2.08 bits per heavy atom. The molecule has 2 aromatic heterocycles. The number of carbonyl (C=O) groups excluding carboxylic acids is 1. The summed E-state index contributed by atoms with van der Waals surface area (Å²) >= 11 is 0. The number of fused-ring (bicyclic) bond motifs is 1. The van der Waals surface area contributed by atoms with Gasteiger partial charge in [-0.25, -0.2) is 9.78 Å². The molecule has 0 bridgehead atoms. The van der Waals surface area contributed by atoms with Crippen molar-refractivity contribution in [3.63, 3.8) is 0 Å². The molecule has 2 aromatic rings. The van der Waals surface area contributed by atoms with Crippen LogP contribution < -0.4 is 10.6 Å². The molecule has 0 saturated heterocycles. The predicted molar refractivity (Wildman–Crippen MR) is 94.9 cm³/mol. The molecule has 0 fully saturated rings. The number of pyridine rings is 1. The lowest BCUT2D eigenvalue weighted by atomic mass is 9.81. The van der Waals surface area contributed by atoms with E-state index >= 15 is 0 Å². The first-order valence-electron chi connectivity index (χ1n) is 8.14. The molecule has 2 rings (SSSR count). The first-order chi connectivity index (χ1) is 11.1. The van der Waals surface area contributed by atoms with E-state index in [1.165, 1.54) is 0 Å². The molecule has 3 N–H and O–H groups in total. The zero-order valence-electron chi connectivity index (χ0n) is 15.2. The molecule has 0 radical (unpaired) electrons. The van der Waals surface area contributed by atoms with Gasteiger partial charge in [0.25, 0.3) is 0 Å². The van der Waals surface area contributed by atoms with Gasteiger partial charge in [0.05, 0.1) is 23.7 Å². The molecule has 1 unspecified atom stereocenters. The Morgan fingerprint density at radius 1 is 1.42 bits per heavy atom. The number of rotatable bonds is 5. The van der Waals surface area contributed by atoms with Gasteiger partial charge in [0.15, 0.2) is 5.65 Å². The van der Waals surface area contributed by atoms with Crippen LogP contribution in [0, 0.1) is 18.3 Å². The van der Waals surface area contributed by atoms with Crippen molar-refractivity contribution in [2.24, 2.45) is 18.4 Å². The van der Waals surface area contributed by atoms with Crippen LogP contribution in [0.4, 0.5) is 10.5 Å². The number of amides is 2. The first kappa shape index (κ1) is 18.2. The normalized spacial score (nSPS) is 13.3. The quantitative estimate of drug-likeness (QED) is 0.783. The van der Waals surface area contributed by atoms with Crippen molar-refractivity contribution in [3.05, 3.63) is 18.0 Å². The fourth-order valence-electron chi connectivity index (χ4n) is 2.87. The standard InChI is InChI=1S/C17H27N5O2/c1-10(2)14(23)17(4,5)9-19-16(24)20-12-7-13-11(3)21-22(6)15(13)18-8-12/h7-8,10,14,23H,9H2,1-6H3,(H2,19,20,24). The van der Waals surface area contributed by atoms with Crippen LogP contribution in [-0.4, -0.2) is 38.6 Å². The van der Waals surface area contributed by atoms with Crippen LogP contribution in [0.1, 0.15) is 33.4 Å². The maximum Gasteiger partial charge on any atom is 0.319 e. The van der Waals surface area contributed by atoms with Gasteiger partial charge in [0.2, 0.25) is 0 Å². The largest absolute Gasteiger partial charge is 0.392 e. The number of hydrogen-bond donors (Lipinski definition) is 3. The minimum absolute atomic E-state index is 0.130. The molecular formula is C17H27N5O2. The number of aromatic nitrogens is 3. The minimum atomic E-state index is -0.492. The SMILES string of the molecule is Cc1nn(C)c2ncc(NC(=O)NCC(C)(C)C(O)C(C)C)cc12. The smallest absolute Gasteiger partial charge is 0.319 e. The molecule has 0 aliphatic rings. The van der Waals surface area contributed by atoms with E-state index in [2.05, 4.69) is 20.7 Å². The number of nitrogens with one attached hydrogen (secondary N) is 2. The van der Waals surface area contributed by atoms with E-state index in [9.17, 15) is 9.90 Å². The van der Waals surface area contributed by atoms with Crippen molar-refractivity contribution in [1.82, 2.24) is 20.1 Å². The van der Waals surface area contributed by atoms with Crippen LogP contribution >= 0.6 is 0 Å². The average molecular weight is 333 g/mol. The van der Waals surface area contributed by atoms with E-state index in [1.807, 2.05) is 47.7 Å². The molecule has 0 aliphatic carbocycles. The van der Waals surface area contributed by atoms with Gasteiger partial charge in [-0.1, -0.05) is 27.7 Å². The van der Waals surface area contributed by atoms with Crippen molar-refractivity contribution in [2.45, 2.75) is 40.7 Å². The van der Waals surface area contributed by atoms with Gasteiger partial charge in [-0.3, -0.25) is 4.68 Å². The fraction of sp³-hybridized carbons (Fsp3) is 0.588. The topological polar surface area (TPSA) is 92.1 Å². The van der Waals surface area contributed by atoms with Crippen LogP contribution in [0.15, 0.2) is 12.3 Å². The summed E-state index contributed by atoms with van der Waals surface area (Å²) in [6, 6.07) is 1.54. The molecule has 0 saturated carbocycles. The van der Waals surface area contributed by atoms with E-state index in [0.717, 1.165) is 16.7 Å². The Kier molecular flexibility index (Phi) is 5.13. The maximum atomic E-state index is 12.1. The molecular weight excluding hydrogens is 306 g/mol. The molecule has 0 aliphatic heterocycles. The zero-order chi connectivity index (χ0) is 18.1. The summed E-state index contributed by atoms with van der Waals surface area (Å²) in [7, 11) is 1.84. The molecule has 2 heterocycles. The molecule has 24 heavy (non-hydrogen) atoms. The number of urea groups is 1. The molecule has 1 atom stereocenters. The summed E-state index contributed by atoms with van der Waals surface area (Å²) in [4.78, 5) is 16.5. The average Bonchev–Trinajstić information content (AvgIpc) is 2.79. The monoisotopic (exact) mass is 333 g/mol. The summed E-state index contributed by atoms with van der Waals surface area (Å²) in [5.74, 6) is 0.130. The van der Waals surface area contributed by atoms with Crippen molar-refractivity contribution < 1.29 is 9.90 Å². The Hall–Kier alpha value is -2.15. The van der Waals surface area contributed by atoms with E-state index in [-0.39, 0.29) is 11.9 Å². The molecule has 0 spiro atoms. The third kappa shape index (κ3) is 3.84. The molecule has 2 amide bonds. The number of aliphatic hydroxyl groups excluding tert-OH is 1. The summed E-state index contributed by atoms with van der Waals surface area (Å²) in [5.41, 5.74) is 1.84. The Bertz CT molecular complexity index is 736. The highest BCUT2D eigenvalue weighted by molar-refractivity contribution is 5.92. The van der Waals surface area contributed by atoms with E-state index in [1.54, 1.807) is 10.9 Å². The second-order valence-corrected chi connectivity index (χ2v) is 7.29. The number of anilines is 1. The Morgan fingerprint density at radius 3 is 2.71 bits per heavy atom. The van der Waals surface area contributed by atoms with Crippen molar-refractivity contribution >= 4 is 22.8 Å². The summed E-state index contributed by atoms with van der Waals surface area (Å²) in [6.07, 6.45) is 1.12. The van der Waals surface area contributed by atoms with Crippen LogP contribution in [0.2, 0.25) is 0 Å². The van der Waals surface area contributed by atoms with Crippen LogP contribution in [-0.2, 0) is 7.05 Å². The third-order valence-corrected chi connectivity index (χ3v) is 4.26. The number of aryl methyl sites for hydroxylation is 2. The number of nitrogens with zero attached hydrogens (tertiary/aromatic N) is 3. The van der Waals surface area contributed by atoms with Crippen molar-refractivity contribution in [3.8, 4) is 0 Å². The minimum Gasteiger partial charge on any atom is -0.392 e. The fourth-order valence-corrected chi connectivity index (χ4v) is 2.87. The van der Waals surface area contributed by atoms with E-state index in [0.29, 0.717) is 12.2 Å². The number of hydrogen-bond acceptors (Lipinski definition) is 4. The number of carbonyl (C=O) groups is 1. The second kappa shape index (κ2) is 6.76. The van der Waals surface area contributed by atoms with E-state index in [4.69, 9.17) is 0 Å². The van der Waals surface area contributed by atoms with Crippen LogP contribution in [0.3, 0.4) is 0 Å². The van der Waals surface area contributed by atoms with Gasteiger partial charge >= 0.3 is 6.03 Å². The number of aliphatic hydroxyl groups is 1. The highest BCUT2D eigenvalue weighted by Gasteiger charge is 2.30. The van der Waals surface area contributed by atoms with Crippen LogP contribution in [0.25, 0.3) is 11.0 Å². The van der Waals surface area contributed by atoms with Crippen molar-refractivity contribution in [2.75, 3.05) is 11.9 Å². The first-order valence-corrected chi connectivity index (χ1v) is 8.14. The van der Waals surface area contributed by atoms with Crippen LogP contribution in [0.5, 0.6) is 0 Å².